The molecule has 0 bridgehead atoms. The average molecular weight is 125 g/mol. The first kappa shape index (κ1) is 8.28. The van der Waals surface area contributed by atoms with Crippen LogP contribution >= 0.6 is 0 Å². The summed E-state index contributed by atoms with van der Waals surface area (Å²) in [5.74, 6) is 0. The maximum Gasteiger partial charge on any atom is -0.00327 e. The van der Waals surface area contributed by atoms with E-state index in [2.05, 4.69) is 13.0 Å². The van der Waals surface area contributed by atoms with Gasteiger partial charge in [-0.2, -0.15) is 0 Å². The van der Waals surface area contributed by atoms with Crippen LogP contribution in [0, 0.1) is 0 Å². The Bertz CT molecular complexity index is 112. The van der Waals surface area contributed by atoms with Crippen LogP contribution < -0.4 is 5.73 Å². The molecule has 0 atom stereocenters. The van der Waals surface area contributed by atoms with Crippen LogP contribution in [0.5, 0.6) is 0 Å². The van der Waals surface area contributed by atoms with Crippen LogP contribution in [-0.2, 0) is 0 Å². The number of hydrogen-bond donors (Lipinski definition) is 1. The van der Waals surface area contributed by atoms with E-state index in [-0.39, 0.29) is 0 Å². The fourth-order valence-electron chi connectivity index (χ4n) is 0.491. The van der Waals surface area contributed by atoms with Gasteiger partial charge in [-0.05, 0) is 25.1 Å². The van der Waals surface area contributed by atoms with Crippen molar-refractivity contribution in [2.75, 3.05) is 0 Å². The van der Waals surface area contributed by atoms with Crippen molar-refractivity contribution in [3.8, 4) is 0 Å². The van der Waals surface area contributed by atoms with Gasteiger partial charge in [0.25, 0.3) is 0 Å². The first-order valence-electron chi connectivity index (χ1n) is 3.36. The van der Waals surface area contributed by atoms with Crippen LogP contribution in [0.4, 0.5) is 0 Å². The largest absolute Gasteiger partial charge is 0.404 e. The molecule has 0 aliphatic rings. The minimum absolute atomic E-state index is 1.13. The molecule has 1 heteroatoms. The van der Waals surface area contributed by atoms with Gasteiger partial charge in [-0.3, -0.25) is 0 Å². The number of unbranched alkanes of at least 4 members (excludes halogenated alkanes) is 1. The third-order valence-corrected chi connectivity index (χ3v) is 1.10. The summed E-state index contributed by atoms with van der Waals surface area (Å²) >= 11 is 0. The maximum atomic E-state index is 5.24. The summed E-state index contributed by atoms with van der Waals surface area (Å²) in [6.45, 7) is 4.15. The van der Waals surface area contributed by atoms with Gasteiger partial charge in [0.2, 0.25) is 0 Å². The zero-order valence-corrected chi connectivity index (χ0v) is 6.22. The predicted octanol–water partition coefficient (Wildman–Crippen LogP) is 2.21. The van der Waals surface area contributed by atoms with Crippen molar-refractivity contribution in [1.29, 1.82) is 0 Å². The van der Waals surface area contributed by atoms with E-state index in [1.165, 1.54) is 6.42 Å². The maximum absolute atomic E-state index is 5.24. The fraction of sp³-hybridized carbons (Fsp3) is 0.500. The van der Waals surface area contributed by atoms with Crippen LogP contribution in [-0.4, -0.2) is 0 Å². The van der Waals surface area contributed by atoms with Gasteiger partial charge in [-0.1, -0.05) is 25.5 Å². The van der Waals surface area contributed by atoms with Gasteiger partial charge in [-0.15, -0.1) is 0 Å². The Kier molecular flexibility index (Phi) is 4.98. The molecule has 9 heavy (non-hydrogen) atoms. The predicted molar refractivity (Wildman–Crippen MR) is 42.0 cm³/mol. The zero-order chi connectivity index (χ0) is 7.11. The van der Waals surface area contributed by atoms with E-state index in [1.54, 1.807) is 6.20 Å². The number of rotatable bonds is 3. The van der Waals surface area contributed by atoms with Crippen LogP contribution in [0.1, 0.15) is 26.7 Å². The van der Waals surface area contributed by atoms with E-state index >= 15 is 0 Å². The molecule has 0 amide bonds. The highest BCUT2D eigenvalue weighted by Gasteiger charge is 1.75. The Morgan fingerprint density at radius 1 is 1.56 bits per heavy atom. The molecule has 2 N–H and O–H groups in total. The zero-order valence-electron chi connectivity index (χ0n) is 6.22. The molecule has 0 rings (SSSR count). The molecule has 0 saturated carbocycles. The lowest BCUT2D eigenvalue weighted by Crippen LogP contribution is -1.79. The lowest BCUT2D eigenvalue weighted by atomic mass is 10.2. The topological polar surface area (TPSA) is 26.0 Å². The SMILES string of the molecule is CCC/C=C/C(C)=C\N. The molecule has 0 saturated heterocycles. The van der Waals surface area contributed by atoms with Crippen LogP contribution in [0.25, 0.3) is 0 Å². The highest BCUT2D eigenvalue weighted by atomic mass is 14.5. The van der Waals surface area contributed by atoms with Gasteiger partial charge in [0.05, 0.1) is 0 Å². The molecule has 0 fully saturated rings. The van der Waals surface area contributed by atoms with Gasteiger partial charge in [0.1, 0.15) is 0 Å². The van der Waals surface area contributed by atoms with Gasteiger partial charge < -0.3 is 5.73 Å². The molecule has 0 radical (unpaired) electrons. The van der Waals surface area contributed by atoms with E-state index in [0.29, 0.717) is 0 Å². The van der Waals surface area contributed by atoms with Gasteiger partial charge in [0.15, 0.2) is 0 Å². The summed E-state index contributed by atoms with van der Waals surface area (Å²) in [4.78, 5) is 0. The first-order valence-corrected chi connectivity index (χ1v) is 3.36. The molecule has 0 aromatic rings. The second-order valence-electron chi connectivity index (χ2n) is 2.10. The van der Waals surface area contributed by atoms with E-state index < -0.39 is 0 Å². The molecular formula is C8H15N. The van der Waals surface area contributed by atoms with E-state index in [9.17, 15) is 0 Å². The lowest BCUT2D eigenvalue weighted by Gasteiger charge is -1.86. The van der Waals surface area contributed by atoms with E-state index in [1.807, 2.05) is 13.0 Å². The molecule has 0 aromatic carbocycles. The van der Waals surface area contributed by atoms with Crippen molar-refractivity contribution < 1.29 is 0 Å². The summed E-state index contributed by atoms with van der Waals surface area (Å²) in [6, 6.07) is 0. The van der Waals surface area contributed by atoms with E-state index in [4.69, 9.17) is 5.73 Å². The van der Waals surface area contributed by atoms with Crippen molar-refractivity contribution in [2.24, 2.45) is 5.73 Å². The Morgan fingerprint density at radius 2 is 2.22 bits per heavy atom. The smallest absolute Gasteiger partial charge is 0.00327 e. The van der Waals surface area contributed by atoms with Crippen LogP contribution in [0.15, 0.2) is 23.9 Å². The molecule has 52 valence electrons. The number of allylic oxidation sites excluding steroid dienone is 3. The highest BCUT2D eigenvalue weighted by molar-refractivity contribution is 5.13. The van der Waals surface area contributed by atoms with Crippen LogP contribution in [0.3, 0.4) is 0 Å². The first-order chi connectivity index (χ1) is 4.31. The van der Waals surface area contributed by atoms with Gasteiger partial charge >= 0.3 is 0 Å². The van der Waals surface area contributed by atoms with Gasteiger partial charge in [-0.25, -0.2) is 0 Å². The molecular weight excluding hydrogens is 110 g/mol. The monoisotopic (exact) mass is 125 g/mol. The third-order valence-electron chi connectivity index (χ3n) is 1.10. The minimum atomic E-state index is 1.13. The molecule has 1 nitrogen and oxygen atoms in total. The lowest BCUT2D eigenvalue weighted by molar-refractivity contribution is 0.957. The van der Waals surface area contributed by atoms with Crippen molar-refractivity contribution >= 4 is 0 Å². The summed E-state index contributed by atoms with van der Waals surface area (Å²) in [5, 5.41) is 0. The second kappa shape index (κ2) is 5.42. The number of hydrogen-bond acceptors (Lipinski definition) is 1. The van der Waals surface area contributed by atoms with Crippen molar-refractivity contribution in [3.63, 3.8) is 0 Å². The summed E-state index contributed by atoms with van der Waals surface area (Å²) in [6.07, 6.45) is 8.15. The summed E-state index contributed by atoms with van der Waals surface area (Å²) < 4.78 is 0. The molecule has 0 aromatic heterocycles. The molecule has 0 heterocycles. The average Bonchev–Trinajstić information content (AvgIpc) is 1.89. The number of nitrogens with two attached hydrogens (primary N) is 1. The summed E-state index contributed by atoms with van der Waals surface area (Å²) in [5.41, 5.74) is 6.37. The molecule has 0 unspecified atom stereocenters. The summed E-state index contributed by atoms with van der Waals surface area (Å²) in [7, 11) is 0. The van der Waals surface area contributed by atoms with Crippen LogP contribution in [0.2, 0.25) is 0 Å². The normalized spacial score (nSPS) is 12.9. The Labute approximate surface area is 57.3 Å². The van der Waals surface area contributed by atoms with Crippen molar-refractivity contribution in [1.82, 2.24) is 0 Å². The second-order valence-corrected chi connectivity index (χ2v) is 2.10. The Hall–Kier alpha value is -0.720. The quantitative estimate of drug-likeness (QED) is 0.575. The highest BCUT2D eigenvalue weighted by Crippen LogP contribution is 1.94. The molecule has 0 spiro atoms. The van der Waals surface area contributed by atoms with Crippen molar-refractivity contribution in [3.05, 3.63) is 23.9 Å². The molecule has 0 aliphatic heterocycles. The Morgan fingerprint density at radius 3 is 2.67 bits per heavy atom. The van der Waals surface area contributed by atoms with Crippen molar-refractivity contribution in [2.45, 2.75) is 26.7 Å². The van der Waals surface area contributed by atoms with E-state index in [0.717, 1.165) is 12.0 Å². The Balaban J connectivity index is 3.45. The molecule has 0 aliphatic carbocycles. The minimum Gasteiger partial charge on any atom is -0.404 e. The fourth-order valence-corrected chi connectivity index (χ4v) is 0.491. The third kappa shape index (κ3) is 5.15. The van der Waals surface area contributed by atoms with Gasteiger partial charge in [0, 0.05) is 0 Å². The standard InChI is InChI=1S/C8H15N/c1-3-4-5-6-8(2)7-9/h5-7H,3-4,9H2,1-2H3/b6-5+,8-7-.